The molecule has 0 heterocycles. The lowest BCUT2D eigenvalue weighted by atomic mass is 9.84. The smallest absolute Gasteiger partial charge is 0.0164 e. The predicted molar refractivity (Wildman–Crippen MR) is 69.2 cm³/mol. The van der Waals surface area contributed by atoms with E-state index in [-0.39, 0.29) is 0 Å². The van der Waals surface area contributed by atoms with Crippen molar-refractivity contribution in [3.8, 4) is 0 Å². The maximum absolute atomic E-state index is 3.54. The van der Waals surface area contributed by atoms with Gasteiger partial charge in [-0.25, -0.2) is 0 Å². The van der Waals surface area contributed by atoms with Crippen LogP contribution in [0.3, 0.4) is 0 Å². The molecule has 0 amide bonds. The molecule has 0 bridgehead atoms. The molecule has 0 fully saturated rings. The SMILES string of the molecule is CNCC(C)NCCC(C)CC(C)(C)C. The third-order valence-corrected chi connectivity index (χ3v) is 2.60. The first-order valence-electron chi connectivity index (χ1n) is 6.23. The van der Waals surface area contributed by atoms with Gasteiger partial charge in [0.2, 0.25) is 0 Å². The van der Waals surface area contributed by atoms with Crippen molar-refractivity contribution >= 4 is 0 Å². The van der Waals surface area contributed by atoms with Crippen molar-refractivity contribution in [2.45, 2.75) is 53.5 Å². The van der Waals surface area contributed by atoms with Crippen LogP contribution in [-0.2, 0) is 0 Å². The van der Waals surface area contributed by atoms with Crippen LogP contribution in [-0.4, -0.2) is 26.2 Å². The van der Waals surface area contributed by atoms with Crippen molar-refractivity contribution in [2.75, 3.05) is 20.1 Å². The molecule has 2 unspecified atom stereocenters. The van der Waals surface area contributed by atoms with Gasteiger partial charge in [-0.3, -0.25) is 0 Å². The van der Waals surface area contributed by atoms with Crippen LogP contribution in [0.25, 0.3) is 0 Å². The fourth-order valence-electron chi connectivity index (χ4n) is 2.10. The van der Waals surface area contributed by atoms with Crippen molar-refractivity contribution in [3.05, 3.63) is 0 Å². The lowest BCUT2D eigenvalue weighted by molar-refractivity contribution is 0.292. The zero-order valence-electron chi connectivity index (χ0n) is 11.5. The lowest BCUT2D eigenvalue weighted by Crippen LogP contribution is -2.35. The highest BCUT2D eigenvalue weighted by molar-refractivity contribution is 4.68. The fourth-order valence-corrected chi connectivity index (χ4v) is 2.10. The van der Waals surface area contributed by atoms with Crippen LogP contribution in [0.15, 0.2) is 0 Å². The van der Waals surface area contributed by atoms with Crippen LogP contribution >= 0.6 is 0 Å². The van der Waals surface area contributed by atoms with E-state index in [4.69, 9.17) is 0 Å². The van der Waals surface area contributed by atoms with E-state index in [1.807, 2.05) is 7.05 Å². The van der Waals surface area contributed by atoms with E-state index in [1.54, 1.807) is 0 Å². The summed E-state index contributed by atoms with van der Waals surface area (Å²) in [6.07, 6.45) is 2.60. The molecule has 0 rings (SSSR count). The van der Waals surface area contributed by atoms with Gasteiger partial charge in [-0.15, -0.1) is 0 Å². The largest absolute Gasteiger partial charge is 0.318 e. The van der Waals surface area contributed by atoms with Gasteiger partial charge in [-0.2, -0.15) is 0 Å². The zero-order valence-corrected chi connectivity index (χ0v) is 11.5. The molecule has 2 nitrogen and oxygen atoms in total. The highest BCUT2D eigenvalue weighted by Gasteiger charge is 2.14. The van der Waals surface area contributed by atoms with E-state index in [0.717, 1.165) is 19.0 Å². The number of likely N-dealkylation sites (N-methyl/N-ethyl adjacent to an activating group) is 1. The Morgan fingerprint density at radius 1 is 1.13 bits per heavy atom. The topological polar surface area (TPSA) is 24.1 Å². The Labute approximate surface area is 96.2 Å². The molecule has 0 aromatic rings. The quantitative estimate of drug-likeness (QED) is 0.681. The molecule has 0 aliphatic heterocycles. The van der Waals surface area contributed by atoms with Gasteiger partial charge < -0.3 is 10.6 Å². The van der Waals surface area contributed by atoms with Crippen molar-refractivity contribution in [1.29, 1.82) is 0 Å². The molecular formula is C13H30N2. The average molecular weight is 214 g/mol. The molecule has 2 atom stereocenters. The summed E-state index contributed by atoms with van der Waals surface area (Å²) in [7, 11) is 2.00. The molecule has 0 spiro atoms. The molecule has 0 aromatic heterocycles. The summed E-state index contributed by atoms with van der Waals surface area (Å²) in [4.78, 5) is 0. The van der Waals surface area contributed by atoms with E-state index in [2.05, 4.69) is 45.3 Å². The Morgan fingerprint density at radius 2 is 1.73 bits per heavy atom. The third kappa shape index (κ3) is 10.2. The highest BCUT2D eigenvalue weighted by Crippen LogP contribution is 2.25. The van der Waals surface area contributed by atoms with Gasteiger partial charge >= 0.3 is 0 Å². The second-order valence-electron chi connectivity index (χ2n) is 6.07. The second-order valence-corrected chi connectivity index (χ2v) is 6.07. The number of hydrogen-bond acceptors (Lipinski definition) is 2. The standard InChI is InChI=1S/C13H30N2/c1-11(9-13(3,4)5)7-8-15-12(2)10-14-6/h11-12,14-15H,7-10H2,1-6H3. The van der Waals surface area contributed by atoms with Crippen molar-refractivity contribution in [1.82, 2.24) is 10.6 Å². The van der Waals surface area contributed by atoms with Gasteiger partial charge in [-0.05, 0) is 44.7 Å². The Bertz CT molecular complexity index is 149. The molecule has 0 aliphatic carbocycles. The Kier molecular flexibility index (Phi) is 7.20. The fraction of sp³-hybridized carbons (Fsp3) is 1.00. The van der Waals surface area contributed by atoms with Gasteiger partial charge in [0, 0.05) is 12.6 Å². The summed E-state index contributed by atoms with van der Waals surface area (Å²) < 4.78 is 0. The predicted octanol–water partition coefficient (Wildman–Crippen LogP) is 2.65. The Balaban J connectivity index is 3.50. The van der Waals surface area contributed by atoms with E-state index in [9.17, 15) is 0 Å². The summed E-state index contributed by atoms with van der Waals surface area (Å²) in [6, 6.07) is 0.580. The van der Waals surface area contributed by atoms with Crippen molar-refractivity contribution in [3.63, 3.8) is 0 Å². The molecule has 2 N–H and O–H groups in total. The summed E-state index contributed by atoms with van der Waals surface area (Å²) in [5.41, 5.74) is 0.468. The summed E-state index contributed by atoms with van der Waals surface area (Å²) in [6.45, 7) is 13.7. The summed E-state index contributed by atoms with van der Waals surface area (Å²) in [5.74, 6) is 0.819. The first-order valence-corrected chi connectivity index (χ1v) is 6.23. The summed E-state index contributed by atoms with van der Waals surface area (Å²) in [5, 5.41) is 6.72. The first-order chi connectivity index (χ1) is 6.85. The molecule has 0 aliphatic rings. The maximum atomic E-state index is 3.54. The van der Waals surface area contributed by atoms with E-state index in [1.165, 1.54) is 12.8 Å². The molecule has 2 heteroatoms. The molecule has 92 valence electrons. The van der Waals surface area contributed by atoms with E-state index in [0.29, 0.717) is 11.5 Å². The molecule has 0 aromatic carbocycles. The third-order valence-electron chi connectivity index (χ3n) is 2.60. The molecule has 0 saturated carbocycles. The number of hydrogen-bond donors (Lipinski definition) is 2. The van der Waals surface area contributed by atoms with Gasteiger partial charge in [0.25, 0.3) is 0 Å². The van der Waals surface area contributed by atoms with Crippen LogP contribution in [0.2, 0.25) is 0 Å². The van der Waals surface area contributed by atoms with Crippen LogP contribution in [0.4, 0.5) is 0 Å². The number of rotatable bonds is 7. The first kappa shape index (κ1) is 14.9. The zero-order chi connectivity index (χ0) is 11.9. The molecule has 0 radical (unpaired) electrons. The van der Waals surface area contributed by atoms with E-state index >= 15 is 0 Å². The van der Waals surface area contributed by atoms with Crippen molar-refractivity contribution in [2.24, 2.45) is 11.3 Å². The normalized spacial score (nSPS) is 16.4. The molecular weight excluding hydrogens is 184 g/mol. The Hall–Kier alpha value is -0.0800. The average Bonchev–Trinajstić information content (AvgIpc) is 2.00. The van der Waals surface area contributed by atoms with Crippen LogP contribution < -0.4 is 10.6 Å². The van der Waals surface area contributed by atoms with Gasteiger partial charge in [0.1, 0.15) is 0 Å². The lowest BCUT2D eigenvalue weighted by Gasteiger charge is -2.23. The maximum Gasteiger partial charge on any atom is 0.0164 e. The van der Waals surface area contributed by atoms with Crippen molar-refractivity contribution < 1.29 is 0 Å². The second kappa shape index (κ2) is 7.24. The van der Waals surface area contributed by atoms with E-state index < -0.39 is 0 Å². The van der Waals surface area contributed by atoms with Crippen LogP contribution in [0, 0.1) is 11.3 Å². The molecule has 15 heavy (non-hydrogen) atoms. The van der Waals surface area contributed by atoms with Gasteiger partial charge in [0.15, 0.2) is 0 Å². The monoisotopic (exact) mass is 214 g/mol. The van der Waals surface area contributed by atoms with Gasteiger partial charge in [0.05, 0.1) is 0 Å². The highest BCUT2D eigenvalue weighted by atomic mass is 15.0. The minimum absolute atomic E-state index is 0.468. The Morgan fingerprint density at radius 3 is 2.20 bits per heavy atom. The minimum Gasteiger partial charge on any atom is -0.318 e. The van der Waals surface area contributed by atoms with Crippen LogP contribution in [0.1, 0.15) is 47.5 Å². The number of nitrogens with one attached hydrogen (secondary N) is 2. The summed E-state index contributed by atoms with van der Waals surface area (Å²) >= 11 is 0. The molecule has 0 saturated heterocycles. The van der Waals surface area contributed by atoms with Gasteiger partial charge in [-0.1, -0.05) is 27.7 Å². The van der Waals surface area contributed by atoms with Crippen LogP contribution in [0.5, 0.6) is 0 Å². The minimum atomic E-state index is 0.468.